The molecule has 110 valence electrons. The molecule has 1 fully saturated rings. The van der Waals surface area contributed by atoms with Gasteiger partial charge in [-0.3, -0.25) is 14.5 Å². The number of likely N-dealkylation sites (N-methyl/N-ethyl adjacent to an activating group) is 1. The highest BCUT2D eigenvalue weighted by Crippen LogP contribution is 2.32. The maximum absolute atomic E-state index is 13.6. The molecular formula is C13H10BrClFN3O2. The van der Waals surface area contributed by atoms with Crippen molar-refractivity contribution in [3.63, 3.8) is 0 Å². The van der Waals surface area contributed by atoms with Crippen LogP contribution in [0.25, 0.3) is 11.0 Å². The maximum Gasteiger partial charge on any atom is 0.252 e. The summed E-state index contributed by atoms with van der Waals surface area (Å²) in [4.78, 5) is 29.3. The lowest BCUT2D eigenvalue weighted by Crippen LogP contribution is -2.27. The number of amides is 2. The maximum atomic E-state index is 13.6. The van der Waals surface area contributed by atoms with Crippen LogP contribution in [0.1, 0.15) is 18.3 Å². The van der Waals surface area contributed by atoms with Crippen molar-refractivity contribution < 1.29 is 14.0 Å². The number of imidazole rings is 1. The Bertz CT molecular complexity index is 776. The second-order valence-electron chi connectivity index (χ2n) is 4.80. The fourth-order valence-electron chi connectivity index (χ4n) is 2.52. The zero-order chi connectivity index (χ0) is 15.3. The second-order valence-corrected chi connectivity index (χ2v) is 5.92. The molecule has 0 bridgehead atoms. The van der Waals surface area contributed by atoms with Crippen LogP contribution in [0.3, 0.4) is 0 Å². The fourth-order valence-corrected chi connectivity index (χ4v) is 3.04. The standard InChI is InChI=1S/C13H10BrClFN3O2/c1-18-12(20)4-10(13(18)21)19-9-2-6(14)7(16)3-8(9)17-11(19)5-15/h2-3,10H,4-5H2,1H3. The lowest BCUT2D eigenvalue weighted by Gasteiger charge is -2.14. The van der Waals surface area contributed by atoms with Crippen molar-refractivity contribution >= 4 is 50.4 Å². The first kappa shape index (κ1) is 14.5. The Morgan fingerprint density at radius 3 is 2.76 bits per heavy atom. The Hall–Kier alpha value is -1.47. The van der Waals surface area contributed by atoms with Gasteiger partial charge >= 0.3 is 0 Å². The van der Waals surface area contributed by atoms with Crippen LogP contribution in [0, 0.1) is 5.82 Å². The van der Waals surface area contributed by atoms with Crippen molar-refractivity contribution in [2.75, 3.05) is 7.05 Å². The van der Waals surface area contributed by atoms with Gasteiger partial charge < -0.3 is 4.57 Å². The van der Waals surface area contributed by atoms with Crippen molar-refractivity contribution in [1.29, 1.82) is 0 Å². The topological polar surface area (TPSA) is 55.2 Å². The van der Waals surface area contributed by atoms with Gasteiger partial charge in [-0.1, -0.05) is 0 Å². The molecule has 0 saturated carbocycles. The first-order valence-electron chi connectivity index (χ1n) is 6.16. The van der Waals surface area contributed by atoms with E-state index in [2.05, 4.69) is 20.9 Å². The molecule has 0 radical (unpaired) electrons. The van der Waals surface area contributed by atoms with Crippen LogP contribution < -0.4 is 0 Å². The van der Waals surface area contributed by atoms with Crippen LogP contribution in [0.15, 0.2) is 16.6 Å². The molecular weight excluding hydrogens is 365 g/mol. The van der Waals surface area contributed by atoms with Gasteiger partial charge in [0, 0.05) is 13.1 Å². The first-order chi connectivity index (χ1) is 9.93. The first-order valence-corrected chi connectivity index (χ1v) is 7.49. The quantitative estimate of drug-likeness (QED) is 0.600. The number of carbonyl (C=O) groups is 2. The highest BCUT2D eigenvalue weighted by molar-refractivity contribution is 9.10. The van der Waals surface area contributed by atoms with Gasteiger partial charge in [0.05, 0.1) is 27.8 Å². The van der Waals surface area contributed by atoms with E-state index in [1.807, 2.05) is 0 Å². The summed E-state index contributed by atoms with van der Waals surface area (Å²) in [6.07, 6.45) is 0.0552. The lowest BCUT2D eigenvalue weighted by atomic mass is 10.2. The van der Waals surface area contributed by atoms with Crippen molar-refractivity contribution in [3.8, 4) is 0 Å². The number of likely N-dealkylation sites (tertiary alicyclic amines) is 1. The number of nitrogens with zero attached hydrogens (tertiary/aromatic N) is 3. The SMILES string of the molecule is CN1C(=O)CC(n2c(CCl)nc3cc(F)c(Br)cc32)C1=O. The van der Waals surface area contributed by atoms with Crippen molar-refractivity contribution in [3.05, 3.63) is 28.2 Å². The molecule has 0 spiro atoms. The molecule has 2 aromatic rings. The van der Waals surface area contributed by atoms with Gasteiger partial charge in [-0.15, -0.1) is 11.6 Å². The minimum absolute atomic E-state index is 0.0552. The molecule has 1 atom stereocenters. The third-order valence-electron chi connectivity index (χ3n) is 3.59. The van der Waals surface area contributed by atoms with Gasteiger partial charge in [0.25, 0.3) is 5.91 Å². The van der Waals surface area contributed by atoms with Gasteiger partial charge in [0.15, 0.2) is 0 Å². The zero-order valence-corrected chi connectivity index (χ0v) is 13.3. The summed E-state index contributed by atoms with van der Waals surface area (Å²) in [5.74, 6) is -0.514. The molecule has 0 aliphatic carbocycles. The van der Waals surface area contributed by atoms with E-state index >= 15 is 0 Å². The van der Waals surface area contributed by atoms with Crippen molar-refractivity contribution in [2.45, 2.75) is 18.3 Å². The van der Waals surface area contributed by atoms with Gasteiger partial charge in [-0.2, -0.15) is 0 Å². The molecule has 5 nitrogen and oxygen atoms in total. The number of halogens is 3. The Kier molecular flexibility index (Phi) is 3.49. The third kappa shape index (κ3) is 2.15. The van der Waals surface area contributed by atoms with Crippen molar-refractivity contribution in [1.82, 2.24) is 14.5 Å². The number of benzene rings is 1. The number of rotatable bonds is 2. The third-order valence-corrected chi connectivity index (χ3v) is 4.44. The summed E-state index contributed by atoms with van der Waals surface area (Å²) in [6.45, 7) is 0. The van der Waals surface area contributed by atoms with Crippen molar-refractivity contribution in [2.24, 2.45) is 0 Å². The number of carbonyl (C=O) groups excluding carboxylic acids is 2. The Morgan fingerprint density at radius 2 is 2.19 bits per heavy atom. The van der Waals surface area contributed by atoms with E-state index in [4.69, 9.17) is 11.6 Å². The Morgan fingerprint density at radius 1 is 1.48 bits per heavy atom. The fraction of sp³-hybridized carbons (Fsp3) is 0.308. The monoisotopic (exact) mass is 373 g/mol. The zero-order valence-electron chi connectivity index (χ0n) is 10.9. The van der Waals surface area contributed by atoms with Gasteiger partial charge in [0.1, 0.15) is 17.7 Å². The summed E-state index contributed by atoms with van der Waals surface area (Å²) in [7, 11) is 1.44. The summed E-state index contributed by atoms with van der Waals surface area (Å²) in [5.41, 5.74) is 0.974. The molecule has 1 saturated heterocycles. The van der Waals surface area contributed by atoms with Crippen LogP contribution in [-0.4, -0.2) is 33.3 Å². The second kappa shape index (κ2) is 5.06. The molecule has 1 aliphatic heterocycles. The molecule has 1 aromatic carbocycles. The predicted octanol–water partition coefficient (Wildman–Crippen LogP) is 2.61. The molecule has 1 aromatic heterocycles. The lowest BCUT2D eigenvalue weighted by molar-refractivity contribution is -0.137. The smallest absolute Gasteiger partial charge is 0.252 e. The molecule has 1 unspecified atom stereocenters. The van der Waals surface area contributed by atoms with Gasteiger partial charge in [-0.05, 0) is 22.0 Å². The number of hydrogen-bond donors (Lipinski definition) is 0. The van der Waals surface area contributed by atoms with Crippen LogP contribution >= 0.6 is 27.5 Å². The minimum Gasteiger partial charge on any atom is -0.314 e. The van der Waals surface area contributed by atoms with E-state index in [-0.39, 0.29) is 28.6 Å². The van der Waals surface area contributed by atoms with Gasteiger partial charge in [-0.25, -0.2) is 9.37 Å². The molecule has 1 aliphatic rings. The Labute approximate surface area is 132 Å². The van der Waals surface area contributed by atoms with E-state index in [9.17, 15) is 14.0 Å². The highest BCUT2D eigenvalue weighted by Gasteiger charge is 2.39. The molecule has 3 rings (SSSR count). The van der Waals surface area contributed by atoms with Crippen LogP contribution in [0.4, 0.5) is 4.39 Å². The summed E-state index contributed by atoms with van der Waals surface area (Å²) >= 11 is 9.00. The number of imide groups is 1. The van der Waals surface area contributed by atoms with E-state index < -0.39 is 11.9 Å². The Balaban J connectivity index is 2.24. The number of hydrogen-bond acceptors (Lipinski definition) is 3. The average Bonchev–Trinajstić information content (AvgIpc) is 2.91. The van der Waals surface area contributed by atoms with E-state index in [1.165, 1.54) is 13.1 Å². The van der Waals surface area contributed by atoms with Crippen LogP contribution in [-0.2, 0) is 15.5 Å². The number of fused-ring (bicyclic) bond motifs is 1. The average molecular weight is 375 g/mol. The molecule has 0 N–H and O–H groups in total. The van der Waals surface area contributed by atoms with E-state index in [0.29, 0.717) is 16.9 Å². The highest BCUT2D eigenvalue weighted by atomic mass is 79.9. The minimum atomic E-state index is -0.682. The summed E-state index contributed by atoms with van der Waals surface area (Å²) in [5, 5.41) is 0. The molecule has 8 heteroatoms. The van der Waals surface area contributed by atoms with E-state index in [0.717, 1.165) is 4.90 Å². The van der Waals surface area contributed by atoms with Gasteiger partial charge in [0.2, 0.25) is 5.91 Å². The summed E-state index contributed by atoms with van der Waals surface area (Å²) in [6, 6.07) is 2.14. The van der Waals surface area contributed by atoms with Crippen LogP contribution in [0.5, 0.6) is 0 Å². The molecule has 21 heavy (non-hydrogen) atoms. The largest absolute Gasteiger partial charge is 0.314 e. The predicted molar refractivity (Wildman–Crippen MR) is 78.4 cm³/mol. The number of alkyl halides is 1. The molecule has 2 heterocycles. The summed E-state index contributed by atoms with van der Waals surface area (Å²) < 4.78 is 15.5. The van der Waals surface area contributed by atoms with Crippen LogP contribution in [0.2, 0.25) is 0 Å². The molecule has 2 amide bonds. The van der Waals surface area contributed by atoms with E-state index in [1.54, 1.807) is 10.6 Å². The number of aromatic nitrogens is 2. The normalized spacial score (nSPS) is 19.0.